The fourth-order valence-corrected chi connectivity index (χ4v) is 4.70. The van der Waals surface area contributed by atoms with E-state index in [9.17, 15) is 8.42 Å². The van der Waals surface area contributed by atoms with Crippen molar-refractivity contribution in [2.75, 3.05) is 46.2 Å². The molecule has 2 aliphatic heterocycles. The lowest BCUT2D eigenvalue weighted by molar-refractivity contribution is -0.0315. The first kappa shape index (κ1) is 18.4. The highest BCUT2D eigenvalue weighted by molar-refractivity contribution is 7.86. The van der Waals surface area contributed by atoms with Crippen LogP contribution >= 0.6 is 0 Å². The molecule has 7 nitrogen and oxygen atoms in total. The Morgan fingerprint density at radius 3 is 2.68 bits per heavy atom. The van der Waals surface area contributed by atoms with E-state index in [-0.39, 0.29) is 11.6 Å². The number of methoxy groups -OCH3 is 1. The molecule has 0 aromatic heterocycles. The van der Waals surface area contributed by atoms with Gasteiger partial charge < -0.3 is 14.8 Å². The normalized spacial score (nSPS) is 23.9. The maximum absolute atomic E-state index is 12.2. The summed E-state index contributed by atoms with van der Waals surface area (Å²) < 4.78 is 38.7. The van der Waals surface area contributed by atoms with E-state index in [1.54, 1.807) is 25.5 Å². The Labute approximate surface area is 150 Å². The van der Waals surface area contributed by atoms with Crippen LogP contribution in [0.1, 0.15) is 19.3 Å². The van der Waals surface area contributed by atoms with Crippen molar-refractivity contribution in [3.05, 3.63) is 24.3 Å². The number of anilines is 1. The minimum absolute atomic E-state index is 0.213. The molecule has 0 unspecified atom stereocenters. The summed E-state index contributed by atoms with van der Waals surface area (Å²) in [7, 11) is 1.46. The van der Waals surface area contributed by atoms with E-state index in [1.165, 1.54) is 4.31 Å². The van der Waals surface area contributed by atoms with Crippen molar-refractivity contribution in [3.8, 4) is 5.75 Å². The van der Waals surface area contributed by atoms with Crippen LogP contribution in [0, 0.1) is 0 Å². The molecule has 0 bridgehead atoms. The summed E-state index contributed by atoms with van der Waals surface area (Å²) in [5.74, 6) is 0.820. The van der Waals surface area contributed by atoms with Crippen molar-refractivity contribution in [3.63, 3.8) is 0 Å². The molecule has 1 atom stereocenters. The predicted octanol–water partition coefficient (Wildman–Crippen LogP) is 1.54. The van der Waals surface area contributed by atoms with Gasteiger partial charge in [-0.25, -0.2) is 0 Å². The number of hydrogen-bond acceptors (Lipinski definition) is 5. The zero-order valence-electron chi connectivity index (χ0n) is 15.1. The van der Waals surface area contributed by atoms with E-state index in [2.05, 4.69) is 5.32 Å². The highest BCUT2D eigenvalue weighted by atomic mass is 32.2. The topological polar surface area (TPSA) is 71.1 Å². The average Bonchev–Trinajstić information content (AvgIpc) is 2.97. The molecule has 0 amide bonds. The van der Waals surface area contributed by atoms with Crippen LogP contribution < -0.4 is 10.1 Å². The fraction of sp³-hybridized carbons (Fsp3) is 0.647. The molecule has 1 N–H and O–H groups in total. The SMILES string of the molecule is COc1cccc(N[C@@H]2COC3(CCN(S(=O)(=O)N(C)C)CC3)C2)c1. The predicted molar refractivity (Wildman–Crippen MR) is 97.1 cm³/mol. The van der Waals surface area contributed by atoms with Crippen LogP contribution in [0.3, 0.4) is 0 Å². The minimum atomic E-state index is -3.33. The fourth-order valence-electron chi connectivity index (χ4n) is 3.59. The molecule has 25 heavy (non-hydrogen) atoms. The third kappa shape index (κ3) is 3.92. The number of ether oxygens (including phenoxy) is 2. The Hall–Kier alpha value is -1.35. The highest BCUT2D eigenvalue weighted by Gasteiger charge is 2.44. The minimum Gasteiger partial charge on any atom is -0.497 e. The molecule has 1 spiro atoms. The largest absolute Gasteiger partial charge is 0.497 e. The molecule has 0 radical (unpaired) electrons. The van der Waals surface area contributed by atoms with Crippen LogP contribution in [-0.2, 0) is 14.9 Å². The smallest absolute Gasteiger partial charge is 0.281 e. The van der Waals surface area contributed by atoms with Gasteiger partial charge in [-0.05, 0) is 31.4 Å². The van der Waals surface area contributed by atoms with Crippen LogP contribution in [-0.4, -0.2) is 69.6 Å². The second-order valence-corrected chi connectivity index (χ2v) is 9.10. The number of nitrogens with zero attached hydrogens (tertiary/aromatic N) is 2. The summed E-state index contributed by atoms with van der Waals surface area (Å²) in [5.41, 5.74) is 0.798. The molecule has 1 aromatic rings. The van der Waals surface area contributed by atoms with Crippen LogP contribution in [0.15, 0.2) is 24.3 Å². The van der Waals surface area contributed by atoms with Crippen LogP contribution in [0.2, 0.25) is 0 Å². The van der Waals surface area contributed by atoms with Gasteiger partial charge in [-0.3, -0.25) is 0 Å². The van der Waals surface area contributed by atoms with Gasteiger partial charge in [0.05, 0.1) is 25.4 Å². The van der Waals surface area contributed by atoms with Gasteiger partial charge in [-0.15, -0.1) is 0 Å². The van der Waals surface area contributed by atoms with Gasteiger partial charge in [0.1, 0.15) is 5.75 Å². The molecular formula is C17H27N3O4S. The summed E-state index contributed by atoms with van der Waals surface area (Å²) in [6.45, 7) is 1.65. The van der Waals surface area contributed by atoms with Gasteiger partial charge in [0, 0.05) is 38.9 Å². The van der Waals surface area contributed by atoms with Gasteiger partial charge in [0.25, 0.3) is 10.2 Å². The number of rotatable bonds is 5. The van der Waals surface area contributed by atoms with Crippen molar-refractivity contribution < 1.29 is 17.9 Å². The molecule has 8 heteroatoms. The second kappa shape index (κ2) is 7.11. The number of benzene rings is 1. The van der Waals surface area contributed by atoms with E-state index >= 15 is 0 Å². The van der Waals surface area contributed by atoms with Crippen molar-refractivity contribution in [1.82, 2.24) is 8.61 Å². The molecule has 2 fully saturated rings. The molecule has 140 valence electrons. The third-order valence-corrected chi connectivity index (χ3v) is 7.01. The summed E-state index contributed by atoms with van der Waals surface area (Å²) in [6.07, 6.45) is 2.35. The molecule has 2 heterocycles. The molecule has 0 aliphatic carbocycles. The molecule has 0 saturated carbocycles. The van der Waals surface area contributed by atoms with E-state index in [0.717, 1.165) is 30.7 Å². The standard InChI is InChI=1S/C17H27N3O4S/c1-19(2)25(21,22)20-9-7-17(8-10-20)12-15(13-24-17)18-14-5-4-6-16(11-14)23-3/h4-6,11,15,18H,7-10,12-13H2,1-3H3/t15-/m0/s1. The molecule has 3 rings (SSSR count). The molecule has 2 saturated heterocycles. The average molecular weight is 369 g/mol. The summed E-state index contributed by atoms with van der Waals surface area (Å²) in [4.78, 5) is 0. The van der Waals surface area contributed by atoms with Gasteiger partial charge in [0.15, 0.2) is 0 Å². The highest BCUT2D eigenvalue weighted by Crippen LogP contribution is 2.37. The Balaban J connectivity index is 1.58. The first-order valence-corrected chi connectivity index (χ1v) is 9.96. The Morgan fingerprint density at radius 1 is 1.32 bits per heavy atom. The Morgan fingerprint density at radius 2 is 2.04 bits per heavy atom. The quantitative estimate of drug-likeness (QED) is 0.852. The van der Waals surface area contributed by atoms with Gasteiger partial charge in [-0.2, -0.15) is 17.0 Å². The van der Waals surface area contributed by atoms with E-state index in [1.807, 2.05) is 24.3 Å². The van der Waals surface area contributed by atoms with Crippen molar-refractivity contribution in [1.29, 1.82) is 0 Å². The Kier molecular flexibility index (Phi) is 5.24. The van der Waals surface area contributed by atoms with Crippen molar-refractivity contribution in [2.45, 2.75) is 30.9 Å². The summed E-state index contributed by atoms with van der Waals surface area (Å²) in [6, 6.07) is 8.08. The van der Waals surface area contributed by atoms with Gasteiger partial charge >= 0.3 is 0 Å². The van der Waals surface area contributed by atoms with Crippen molar-refractivity contribution >= 4 is 15.9 Å². The summed E-state index contributed by atoms with van der Waals surface area (Å²) >= 11 is 0. The Bertz CT molecular complexity index is 700. The maximum Gasteiger partial charge on any atom is 0.281 e. The monoisotopic (exact) mass is 369 g/mol. The first-order valence-electron chi connectivity index (χ1n) is 8.57. The third-order valence-electron chi connectivity index (χ3n) is 5.07. The lowest BCUT2D eigenvalue weighted by atomic mass is 9.88. The number of hydrogen-bond donors (Lipinski definition) is 1. The lowest BCUT2D eigenvalue weighted by Gasteiger charge is -2.38. The summed E-state index contributed by atoms with van der Waals surface area (Å²) in [5, 5.41) is 3.50. The van der Waals surface area contributed by atoms with E-state index < -0.39 is 10.2 Å². The first-order chi connectivity index (χ1) is 11.8. The van der Waals surface area contributed by atoms with Crippen LogP contribution in [0.25, 0.3) is 0 Å². The molecular weight excluding hydrogens is 342 g/mol. The zero-order chi connectivity index (χ0) is 18.1. The second-order valence-electron chi connectivity index (χ2n) is 6.96. The van der Waals surface area contributed by atoms with E-state index in [0.29, 0.717) is 19.7 Å². The maximum atomic E-state index is 12.2. The number of piperidine rings is 1. The van der Waals surface area contributed by atoms with Gasteiger partial charge in [0.2, 0.25) is 0 Å². The van der Waals surface area contributed by atoms with Crippen molar-refractivity contribution in [2.24, 2.45) is 0 Å². The number of nitrogens with one attached hydrogen (secondary N) is 1. The molecule has 2 aliphatic rings. The van der Waals surface area contributed by atoms with Gasteiger partial charge in [-0.1, -0.05) is 6.07 Å². The van der Waals surface area contributed by atoms with Crippen LogP contribution in [0.5, 0.6) is 5.75 Å². The van der Waals surface area contributed by atoms with Crippen LogP contribution in [0.4, 0.5) is 5.69 Å². The molecule has 1 aromatic carbocycles. The van der Waals surface area contributed by atoms with E-state index in [4.69, 9.17) is 9.47 Å². The zero-order valence-corrected chi connectivity index (χ0v) is 15.9. The lowest BCUT2D eigenvalue weighted by Crippen LogP contribution is -2.49.